The van der Waals surface area contributed by atoms with E-state index in [-0.39, 0.29) is 25.0 Å². The third-order valence-corrected chi connectivity index (χ3v) is 5.46. The first-order chi connectivity index (χ1) is 16.5. The number of amides is 2. The molecule has 1 aromatic heterocycles. The first-order valence-electron chi connectivity index (χ1n) is 11.5. The lowest BCUT2D eigenvalue weighted by atomic mass is 9.94. The highest BCUT2D eigenvalue weighted by molar-refractivity contribution is 5.91. The zero-order valence-electron chi connectivity index (χ0n) is 20.6. The van der Waals surface area contributed by atoms with Gasteiger partial charge in [-0.05, 0) is 17.0 Å². The second kappa shape index (κ2) is 12.8. The van der Waals surface area contributed by atoms with Crippen LogP contribution in [-0.2, 0) is 20.7 Å². The Labute approximate surface area is 205 Å². The van der Waals surface area contributed by atoms with Crippen LogP contribution in [0, 0.1) is 5.41 Å². The van der Waals surface area contributed by atoms with Crippen molar-refractivity contribution in [2.24, 2.45) is 5.41 Å². The van der Waals surface area contributed by atoms with Crippen molar-refractivity contribution in [3.63, 3.8) is 0 Å². The van der Waals surface area contributed by atoms with Crippen LogP contribution in [0.4, 0.5) is 0 Å². The predicted molar refractivity (Wildman–Crippen MR) is 131 cm³/mol. The molecule has 2 amide bonds. The summed E-state index contributed by atoms with van der Waals surface area (Å²) in [5, 5.41) is 46.3. The van der Waals surface area contributed by atoms with E-state index in [0.717, 1.165) is 16.5 Å². The Morgan fingerprint density at radius 1 is 1.11 bits per heavy atom. The molecular formula is C25H37N3O7. The second-order valence-corrected chi connectivity index (χ2v) is 9.49. The van der Waals surface area contributed by atoms with Crippen molar-refractivity contribution >= 4 is 22.7 Å². The average molecular weight is 492 g/mol. The van der Waals surface area contributed by atoms with Crippen LogP contribution in [0.2, 0.25) is 0 Å². The number of fused-ring (bicyclic) bond motifs is 1. The molecule has 194 valence electrons. The zero-order valence-corrected chi connectivity index (χ0v) is 20.6. The van der Waals surface area contributed by atoms with Crippen LogP contribution >= 0.6 is 0 Å². The van der Waals surface area contributed by atoms with Gasteiger partial charge in [-0.15, -0.1) is 0 Å². The Morgan fingerprint density at radius 2 is 1.80 bits per heavy atom. The molecule has 0 radical (unpaired) electrons. The van der Waals surface area contributed by atoms with E-state index in [4.69, 9.17) is 9.84 Å². The van der Waals surface area contributed by atoms with E-state index in [1.807, 2.05) is 45.0 Å². The standard InChI is InChI=1S/C25H37N3O7/c1-25(2,3)10-9-19(30)20(31)21(32)22(35-4)24(34)28-18(23(33)26-11-12-29)13-15-14-27-17-8-6-5-7-16(15)17/h5-10,14,18-22,27,29-32H,11-13H2,1-4H3,(H,26,33)(H,28,34)/b10-9+/t18-,19-,20+,21-,22-/m1/s1. The number of aromatic amines is 1. The van der Waals surface area contributed by atoms with Gasteiger partial charge < -0.3 is 40.8 Å². The summed E-state index contributed by atoms with van der Waals surface area (Å²) in [5.41, 5.74) is 1.39. The molecule has 1 heterocycles. The number of carbonyl (C=O) groups excluding carboxylic acids is 2. The van der Waals surface area contributed by atoms with E-state index in [1.165, 1.54) is 13.2 Å². The lowest BCUT2D eigenvalue weighted by molar-refractivity contribution is -0.150. The average Bonchev–Trinajstić information content (AvgIpc) is 3.22. The molecule has 10 nitrogen and oxygen atoms in total. The largest absolute Gasteiger partial charge is 0.395 e. The number of nitrogens with one attached hydrogen (secondary N) is 3. The fraction of sp³-hybridized carbons (Fsp3) is 0.520. The van der Waals surface area contributed by atoms with E-state index < -0.39 is 42.3 Å². The smallest absolute Gasteiger partial charge is 0.252 e. The number of aliphatic hydroxyl groups is 4. The number of hydrogen-bond donors (Lipinski definition) is 7. The van der Waals surface area contributed by atoms with E-state index in [9.17, 15) is 24.9 Å². The number of aliphatic hydroxyl groups excluding tert-OH is 4. The van der Waals surface area contributed by atoms with Gasteiger partial charge in [0.25, 0.3) is 5.91 Å². The quantitative estimate of drug-likeness (QED) is 0.205. The summed E-state index contributed by atoms with van der Waals surface area (Å²) in [6, 6.07) is 6.45. The summed E-state index contributed by atoms with van der Waals surface area (Å²) in [5.74, 6) is -1.37. The van der Waals surface area contributed by atoms with Crippen molar-refractivity contribution in [2.45, 2.75) is 57.6 Å². The summed E-state index contributed by atoms with van der Waals surface area (Å²) in [6.45, 7) is 5.44. The molecule has 7 N–H and O–H groups in total. The van der Waals surface area contributed by atoms with E-state index >= 15 is 0 Å². The third-order valence-electron chi connectivity index (χ3n) is 5.46. The van der Waals surface area contributed by atoms with E-state index in [2.05, 4.69) is 15.6 Å². The van der Waals surface area contributed by atoms with Crippen molar-refractivity contribution < 1.29 is 34.8 Å². The molecule has 0 saturated carbocycles. The van der Waals surface area contributed by atoms with E-state index in [1.54, 1.807) is 12.3 Å². The topological polar surface area (TPSA) is 164 Å². The highest BCUT2D eigenvalue weighted by atomic mass is 16.5. The summed E-state index contributed by atoms with van der Waals surface area (Å²) in [6.07, 6.45) is -1.58. The van der Waals surface area contributed by atoms with Gasteiger partial charge in [-0.25, -0.2) is 0 Å². The molecule has 1 aromatic carbocycles. The van der Waals surface area contributed by atoms with Crippen molar-refractivity contribution in [1.82, 2.24) is 15.6 Å². The molecule has 35 heavy (non-hydrogen) atoms. The maximum Gasteiger partial charge on any atom is 0.252 e. The molecule has 0 unspecified atom stereocenters. The molecule has 0 aliphatic carbocycles. The van der Waals surface area contributed by atoms with Crippen LogP contribution in [0.25, 0.3) is 10.9 Å². The Hall–Kier alpha value is -2.76. The Balaban J connectivity index is 2.19. The highest BCUT2D eigenvalue weighted by Gasteiger charge is 2.37. The monoisotopic (exact) mass is 491 g/mol. The van der Waals surface area contributed by atoms with Gasteiger partial charge in [0.2, 0.25) is 5.91 Å². The number of allylic oxidation sites excluding steroid dienone is 1. The first-order valence-corrected chi connectivity index (χ1v) is 11.5. The Morgan fingerprint density at radius 3 is 2.43 bits per heavy atom. The zero-order chi connectivity index (χ0) is 26.2. The minimum absolute atomic E-state index is 0.000434. The molecule has 10 heteroatoms. The van der Waals surface area contributed by atoms with Crippen LogP contribution in [-0.4, -0.2) is 87.9 Å². The molecule has 0 bridgehead atoms. The number of ether oxygens (including phenoxy) is 1. The molecule has 0 saturated heterocycles. The van der Waals surface area contributed by atoms with Crippen LogP contribution in [0.1, 0.15) is 26.3 Å². The fourth-order valence-corrected chi connectivity index (χ4v) is 3.57. The maximum atomic E-state index is 13.0. The number of H-pyrrole nitrogens is 1. The number of hydrogen-bond acceptors (Lipinski definition) is 7. The number of carbonyl (C=O) groups is 2. The van der Waals surface area contributed by atoms with Gasteiger partial charge in [0.1, 0.15) is 24.4 Å². The third kappa shape index (κ3) is 8.15. The molecule has 0 spiro atoms. The molecular weight excluding hydrogens is 454 g/mol. The number of rotatable bonds is 12. The molecule has 0 fully saturated rings. The molecule has 2 rings (SSSR count). The van der Waals surface area contributed by atoms with Crippen molar-refractivity contribution in [3.8, 4) is 0 Å². The molecule has 2 aromatic rings. The van der Waals surface area contributed by atoms with Crippen LogP contribution in [0.3, 0.4) is 0 Å². The van der Waals surface area contributed by atoms with Gasteiger partial charge in [0.15, 0.2) is 6.10 Å². The second-order valence-electron chi connectivity index (χ2n) is 9.49. The van der Waals surface area contributed by atoms with Crippen LogP contribution in [0.15, 0.2) is 42.6 Å². The van der Waals surface area contributed by atoms with Crippen molar-refractivity contribution in [3.05, 3.63) is 48.2 Å². The van der Waals surface area contributed by atoms with Crippen LogP contribution in [0.5, 0.6) is 0 Å². The number of para-hydroxylation sites is 1. The normalized spacial score (nSPS) is 16.6. The first kappa shape index (κ1) is 28.5. The summed E-state index contributed by atoms with van der Waals surface area (Å²) in [4.78, 5) is 28.9. The van der Waals surface area contributed by atoms with Crippen molar-refractivity contribution in [2.75, 3.05) is 20.3 Å². The molecule has 5 atom stereocenters. The van der Waals surface area contributed by atoms with Gasteiger partial charge in [-0.2, -0.15) is 0 Å². The van der Waals surface area contributed by atoms with Gasteiger partial charge in [0.05, 0.1) is 6.61 Å². The molecule has 0 aliphatic heterocycles. The predicted octanol–water partition coefficient (Wildman–Crippen LogP) is 0.00370. The van der Waals surface area contributed by atoms with Crippen LogP contribution < -0.4 is 10.6 Å². The molecule has 0 aliphatic rings. The van der Waals surface area contributed by atoms with E-state index in [0.29, 0.717) is 0 Å². The van der Waals surface area contributed by atoms with Gasteiger partial charge in [0, 0.05) is 37.2 Å². The minimum atomic E-state index is -1.77. The lowest BCUT2D eigenvalue weighted by Gasteiger charge is -2.28. The van der Waals surface area contributed by atoms with Gasteiger partial charge in [-0.1, -0.05) is 51.1 Å². The minimum Gasteiger partial charge on any atom is -0.395 e. The summed E-state index contributed by atoms with van der Waals surface area (Å²) < 4.78 is 5.12. The number of aromatic nitrogens is 1. The van der Waals surface area contributed by atoms with Gasteiger partial charge in [-0.3, -0.25) is 9.59 Å². The van der Waals surface area contributed by atoms with Gasteiger partial charge >= 0.3 is 0 Å². The SMILES string of the molecule is CO[C@@H](C(=O)N[C@H](Cc1c[nH]c2ccccc12)C(=O)NCCO)[C@H](O)[C@@H](O)[C@H](O)/C=C/C(C)(C)C. The fourth-order valence-electron chi connectivity index (χ4n) is 3.57. The Bertz CT molecular complexity index is 998. The number of benzene rings is 1. The Kier molecular flexibility index (Phi) is 10.4. The number of methoxy groups -OCH3 is 1. The highest BCUT2D eigenvalue weighted by Crippen LogP contribution is 2.20. The summed E-state index contributed by atoms with van der Waals surface area (Å²) >= 11 is 0. The summed E-state index contributed by atoms with van der Waals surface area (Å²) in [7, 11) is 1.18. The maximum absolute atomic E-state index is 13.0. The lowest BCUT2D eigenvalue weighted by Crippen LogP contribution is -2.56. The van der Waals surface area contributed by atoms with Crippen molar-refractivity contribution in [1.29, 1.82) is 0 Å².